The molecule has 0 bridgehead atoms. The van der Waals surface area contributed by atoms with Crippen molar-refractivity contribution in [2.75, 3.05) is 13.1 Å². The van der Waals surface area contributed by atoms with E-state index >= 15 is 4.39 Å². The molecule has 6 rings (SSSR count). The molecule has 0 spiro atoms. The van der Waals surface area contributed by atoms with Gasteiger partial charge in [-0.25, -0.2) is 23.1 Å². The fourth-order valence-corrected chi connectivity index (χ4v) is 4.91. The van der Waals surface area contributed by atoms with Crippen LogP contribution in [-0.4, -0.2) is 32.9 Å². The number of nitrogens with zero attached hydrogens (tertiary/aromatic N) is 4. The third-order valence-electron chi connectivity index (χ3n) is 6.82. The summed E-state index contributed by atoms with van der Waals surface area (Å²) >= 11 is 0. The number of halogens is 3. The lowest BCUT2D eigenvalue weighted by atomic mass is 9.97. The fraction of sp³-hybridized carbons (Fsp3) is 0.167. The van der Waals surface area contributed by atoms with Crippen molar-refractivity contribution in [1.29, 1.82) is 0 Å². The molecule has 1 fully saturated rings. The molecule has 184 valence electrons. The average molecular weight is 497 g/mol. The highest BCUT2D eigenvalue weighted by molar-refractivity contribution is 5.95. The summed E-state index contributed by atoms with van der Waals surface area (Å²) in [5.41, 5.74) is 4.31. The van der Waals surface area contributed by atoms with Crippen LogP contribution in [-0.2, 0) is 6.54 Å². The second kappa shape index (κ2) is 9.75. The molecule has 0 N–H and O–H groups in total. The predicted octanol–water partition coefficient (Wildman–Crippen LogP) is 7.04. The fourth-order valence-electron chi connectivity index (χ4n) is 4.91. The number of likely N-dealkylation sites (tertiary alicyclic amines) is 1. The monoisotopic (exact) mass is 496 g/mol. The molecule has 0 radical (unpaired) electrons. The van der Waals surface area contributed by atoms with Gasteiger partial charge in [-0.05, 0) is 85.6 Å². The summed E-state index contributed by atoms with van der Waals surface area (Å²) in [7, 11) is 0. The number of benzene rings is 2. The Labute approximate surface area is 212 Å². The normalized spacial score (nSPS) is 13.9. The highest BCUT2D eigenvalue weighted by Crippen LogP contribution is 2.34. The van der Waals surface area contributed by atoms with Crippen molar-refractivity contribution in [3.05, 3.63) is 102 Å². The second-order valence-corrected chi connectivity index (χ2v) is 9.31. The van der Waals surface area contributed by atoms with Crippen LogP contribution in [0.4, 0.5) is 13.2 Å². The van der Waals surface area contributed by atoms with Crippen LogP contribution in [0.5, 0.6) is 0 Å². The molecule has 0 aliphatic carbocycles. The van der Waals surface area contributed by atoms with Crippen LogP contribution in [0.15, 0.2) is 79.3 Å². The molecule has 4 nitrogen and oxygen atoms in total. The minimum Gasteiger partial charge on any atom is -0.299 e. The molecule has 1 aliphatic heterocycles. The van der Waals surface area contributed by atoms with Crippen molar-refractivity contribution in [2.45, 2.75) is 19.4 Å². The van der Waals surface area contributed by atoms with Crippen LogP contribution in [0.3, 0.4) is 0 Å². The molecule has 5 aromatic rings. The summed E-state index contributed by atoms with van der Waals surface area (Å²) in [4.78, 5) is 15.5. The molecule has 4 heterocycles. The standard InChI is InChI=1S/C30H23F3N4/c31-23-7-8-27(32)26(14-23)29-15-25(24-4-3-9-35-30(24)36-29)22-12-21(16-34-17-22)19-5-6-20(28(33)13-19)18-37-10-1-2-11-37/h3-9,12-17H,1-2,10-11,18H2. The van der Waals surface area contributed by atoms with Crippen molar-refractivity contribution < 1.29 is 13.2 Å². The van der Waals surface area contributed by atoms with Gasteiger partial charge in [-0.2, -0.15) is 0 Å². The molecule has 1 aliphatic rings. The highest BCUT2D eigenvalue weighted by Gasteiger charge is 2.17. The van der Waals surface area contributed by atoms with Gasteiger partial charge in [-0.1, -0.05) is 12.1 Å². The van der Waals surface area contributed by atoms with Gasteiger partial charge in [-0.3, -0.25) is 9.88 Å². The van der Waals surface area contributed by atoms with E-state index in [1.165, 1.54) is 0 Å². The zero-order valence-corrected chi connectivity index (χ0v) is 20.0. The van der Waals surface area contributed by atoms with E-state index in [-0.39, 0.29) is 17.1 Å². The van der Waals surface area contributed by atoms with Crippen molar-refractivity contribution in [3.8, 4) is 33.5 Å². The molecule has 1 saturated heterocycles. The topological polar surface area (TPSA) is 41.9 Å². The van der Waals surface area contributed by atoms with Gasteiger partial charge in [-0.15, -0.1) is 0 Å². The third-order valence-corrected chi connectivity index (χ3v) is 6.82. The number of fused-ring (bicyclic) bond motifs is 1. The Morgan fingerprint density at radius 3 is 2.43 bits per heavy atom. The van der Waals surface area contributed by atoms with E-state index in [0.717, 1.165) is 66.2 Å². The summed E-state index contributed by atoms with van der Waals surface area (Å²) < 4.78 is 43.5. The molecule has 0 unspecified atom stereocenters. The van der Waals surface area contributed by atoms with Crippen molar-refractivity contribution in [1.82, 2.24) is 19.9 Å². The Hall–Kier alpha value is -4.10. The Morgan fingerprint density at radius 2 is 1.59 bits per heavy atom. The number of hydrogen-bond acceptors (Lipinski definition) is 4. The molecule has 0 saturated carbocycles. The van der Waals surface area contributed by atoms with Crippen molar-refractivity contribution in [3.63, 3.8) is 0 Å². The lowest BCUT2D eigenvalue weighted by Crippen LogP contribution is -2.19. The van der Waals surface area contributed by atoms with Crippen LogP contribution in [0, 0.1) is 17.5 Å². The van der Waals surface area contributed by atoms with Gasteiger partial charge in [0, 0.05) is 52.8 Å². The first-order valence-corrected chi connectivity index (χ1v) is 12.2. The summed E-state index contributed by atoms with van der Waals surface area (Å²) in [6, 6.07) is 15.9. The summed E-state index contributed by atoms with van der Waals surface area (Å²) in [6.45, 7) is 2.62. The maximum atomic E-state index is 15.0. The van der Waals surface area contributed by atoms with E-state index in [1.807, 2.05) is 24.3 Å². The Balaban J connectivity index is 1.42. The molecule has 0 atom stereocenters. The van der Waals surface area contributed by atoms with E-state index in [2.05, 4.69) is 19.9 Å². The minimum absolute atomic E-state index is 0.0496. The van der Waals surface area contributed by atoms with Crippen LogP contribution in [0.1, 0.15) is 18.4 Å². The Morgan fingerprint density at radius 1 is 0.757 bits per heavy atom. The smallest absolute Gasteiger partial charge is 0.160 e. The largest absolute Gasteiger partial charge is 0.299 e. The zero-order chi connectivity index (χ0) is 25.4. The first kappa shape index (κ1) is 23.3. The average Bonchev–Trinajstić information content (AvgIpc) is 3.44. The molecule has 0 amide bonds. The van der Waals surface area contributed by atoms with E-state index < -0.39 is 11.6 Å². The lowest BCUT2D eigenvalue weighted by molar-refractivity contribution is 0.325. The third kappa shape index (κ3) is 4.70. The van der Waals surface area contributed by atoms with Crippen LogP contribution >= 0.6 is 0 Å². The van der Waals surface area contributed by atoms with Gasteiger partial charge in [0.2, 0.25) is 0 Å². The van der Waals surface area contributed by atoms with Crippen LogP contribution < -0.4 is 0 Å². The Kier molecular flexibility index (Phi) is 6.14. The van der Waals surface area contributed by atoms with Gasteiger partial charge in [0.15, 0.2) is 5.65 Å². The molecule has 37 heavy (non-hydrogen) atoms. The molecule has 3 aromatic heterocycles. The zero-order valence-electron chi connectivity index (χ0n) is 20.0. The van der Waals surface area contributed by atoms with Gasteiger partial charge in [0.05, 0.1) is 5.69 Å². The van der Waals surface area contributed by atoms with Crippen LogP contribution in [0.25, 0.3) is 44.5 Å². The van der Waals surface area contributed by atoms with Gasteiger partial charge < -0.3 is 0 Å². The maximum Gasteiger partial charge on any atom is 0.160 e. The second-order valence-electron chi connectivity index (χ2n) is 9.31. The maximum absolute atomic E-state index is 15.0. The molecule has 2 aromatic carbocycles. The quantitative estimate of drug-likeness (QED) is 0.262. The van der Waals surface area contributed by atoms with Crippen molar-refractivity contribution >= 4 is 11.0 Å². The van der Waals surface area contributed by atoms with E-state index in [9.17, 15) is 8.78 Å². The molecular formula is C30H23F3N4. The molecule has 7 heteroatoms. The summed E-state index contributed by atoms with van der Waals surface area (Å²) in [5, 5.41) is 0.745. The highest BCUT2D eigenvalue weighted by atomic mass is 19.1. The van der Waals surface area contributed by atoms with Gasteiger partial charge >= 0.3 is 0 Å². The molecular weight excluding hydrogens is 473 g/mol. The van der Waals surface area contributed by atoms with Gasteiger partial charge in [0.25, 0.3) is 0 Å². The lowest BCUT2D eigenvalue weighted by Gasteiger charge is -2.15. The van der Waals surface area contributed by atoms with Crippen LogP contribution in [0.2, 0.25) is 0 Å². The summed E-state index contributed by atoms with van der Waals surface area (Å²) in [5.74, 6) is -1.37. The first-order valence-electron chi connectivity index (χ1n) is 12.2. The number of pyridine rings is 3. The van der Waals surface area contributed by atoms with E-state index in [0.29, 0.717) is 23.3 Å². The van der Waals surface area contributed by atoms with E-state index in [4.69, 9.17) is 0 Å². The number of rotatable bonds is 5. The predicted molar refractivity (Wildman–Crippen MR) is 138 cm³/mol. The van der Waals surface area contributed by atoms with Crippen molar-refractivity contribution in [2.24, 2.45) is 0 Å². The van der Waals surface area contributed by atoms with Gasteiger partial charge in [0.1, 0.15) is 17.5 Å². The minimum atomic E-state index is -0.577. The van der Waals surface area contributed by atoms with E-state index in [1.54, 1.807) is 36.8 Å². The number of aromatic nitrogens is 3. The SMILES string of the molecule is Fc1ccc(F)c(-c2cc(-c3cncc(-c4ccc(CN5CCCC5)c(F)c4)c3)c3cccnc3n2)c1. The first-order chi connectivity index (χ1) is 18.0. The Bertz CT molecular complexity index is 1610. The summed E-state index contributed by atoms with van der Waals surface area (Å²) in [6.07, 6.45) is 7.30. The number of hydrogen-bond donors (Lipinski definition) is 0.